The van der Waals surface area contributed by atoms with Gasteiger partial charge in [-0.1, -0.05) is 36.4 Å². The summed E-state index contributed by atoms with van der Waals surface area (Å²) in [5.74, 6) is -0.703. The second kappa shape index (κ2) is 10.2. The molecular weight excluding hydrogens is 444 g/mol. The van der Waals surface area contributed by atoms with Crippen molar-refractivity contribution in [2.75, 3.05) is 19.8 Å². The number of urea groups is 1. The zero-order valence-corrected chi connectivity index (χ0v) is 18.6. The first kappa shape index (κ1) is 22.3. The third-order valence-corrected chi connectivity index (χ3v) is 5.87. The lowest BCUT2D eigenvalue weighted by atomic mass is 10.0. The minimum absolute atomic E-state index is 0.167. The number of carbonyl (C=O) groups is 3. The van der Waals surface area contributed by atoms with Gasteiger partial charge in [0, 0.05) is 4.88 Å². The van der Waals surface area contributed by atoms with Gasteiger partial charge < -0.3 is 24.8 Å². The molecule has 0 radical (unpaired) electrons. The third kappa shape index (κ3) is 5.32. The molecule has 2 N–H and O–H groups in total. The number of esters is 2. The number of amides is 2. The van der Waals surface area contributed by atoms with Crippen LogP contribution in [0.15, 0.2) is 71.2 Å². The van der Waals surface area contributed by atoms with E-state index in [0.29, 0.717) is 5.75 Å². The lowest BCUT2D eigenvalue weighted by Gasteiger charge is -2.28. The largest absolute Gasteiger partial charge is 0.482 e. The molecule has 8 nitrogen and oxygen atoms in total. The summed E-state index contributed by atoms with van der Waals surface area (Å²) in [7, 11) is 0. The van der Waals surface area contributed by atoms with Crippen molar-refractivity contribution in [3.8, 4) is 5.75 Å². The second-order valence-electron chi connectivity index (χ2n) is 7.12. The highest BCUT2D eigenvalue weighted by Gasteiger charge is 2.34. The van der Waals surface area contributed by atoms with E-state index in [1.54, 1.807) is 19.1 Å². The molecule has 0 aliphatic carbocycles. The van der Waals surface area contributed by atoms with Gasteiger partial charge in [-0.15, -0.1) is 11.3 Å². The standard InChI is InChI=1S/C24H22N2O6S/c1-2-30-23(28)21-18(25-24(29)26-22(21)19-8-5-11-33-19)13-32-20(27)14-31-17-10-9-15-6-3-4-7-16(15)12-17/h3-12,22H,2,13-14H2,1H3,(H2,25,26,29). The van der Waals surface area contributed by atoms with E-state index in [9.17, 15) is 14.4 Å². The van der Waals surface area contributed by atoms with Gasteiger partial charge in [-0.05, 0) is 41.3 Å². The van der Waals surface area contributed by atoms with Crippen LogP contribution in [0.3, 0.4) is 0 Å². The fourth-order valence-corrected chi connectivity index (χ4v) is 4.23. The minimum atomic E-state index is -0.694. The highest BCUT2D eigenvalue weighted by atomic mass is 32.1. The van der Waals surface area contributed by atoms with Gasteiger partial charge in [0.25, 0.3) is 0 Å². The highest BCUT2D eigenvalue weighted by Crippen LogP contribution is 2.30. The zero-order valence-electron chi connectivity index (χ0n) is 17.8. The lowest BCUT2D eigenvalue weighted by Crippen LogP contribution is -2.47. The average molecular weight is 467 g/mol. The molecule has 2 amide bonds. The van der Waals surface area contributed by atoms with Crippen molar-refractivity contribution in [3.05, 3.63) is 76.1 Å². The van der Waals surface area contributed by atoms with Gasteiger partial charge in [-0.25, -0.2) is 14.4 Å². The summed E-state index contributed by atoms with van der Waals surface area (Å²) >= 11 is 1.39. The van der Waals surface area contributed by atoms with Crippen LogP contribution in [0.5, 0.6) is 5.75 Å². The maximum atomic E-state index is 12.7. The first-order valence-corrected chi connectivity index (χ1v) is 11.2. The first-order chi connectivity index (χ1) is 16.0. The van der Waals surface area contributed by atoms with E-state index < -0.39 is 24.0 Å². The molecule has 170 valence electrons. The van der Waals surface area contributed by atoms with Crippen LogP contribution < -0.4 is 15.4 Å². The molecule has 0 saturated heterocycles. The third-order valence-electron chi connectivity index (χ3n) is 4.93. The number of rotatable bonds is 8. The van der Waals surface area contributed by atoms with Crippen LogP contribution in [0.2, 0.25) is 0 Å². The maximum absolute atomic E-state index is 12.7. The Hall–Kier alpha value is -3.85. The van der Waals surface area contributed by atoms with Crippen LogP contribution in [0.4, 0.5) is 4.79 Å². The molecule has 2 heterocycles. The smallest absolute Gasteiger partial charge is 0.344 e. The van der Waals surface area contributed by atoms with Crippen LogP contribution in [0.25, 0.3) is 10.8 Å². The van der Waals surface area contributed by atoms with Crippen LogP contribution in [0, 0.1) is 0 Å². The Morgan fingerprint density at radius 1 is 1.03 bits per heavy atom. The predicted molar refractivity (Wildman–Crippen MR) is 123 cm³/mol. The van der Waals surface area contributed by atoms with Gasteiger partial charge >= 0.3 is 18.0 Å². The monoisotopic (exact) mass is 466 g/mol. The number of nitrogens with one attached hydrogen (secondary N) is 2. The predicted octanol–water partition coefficient (Wildman–Crippen LogP) is 3.69. The maximum Gasteiger partial charge on any atom is 0.344 e. The summed E-state index contributed by atoms with van der Waals surface area (Å²) in [6.07, 6.45) is 0. The number of thiophene rings is 1. The molecule has 9 heteroatoms. The summed E-state index contributed by atoms with van der Waals surface area (Å²) in [4.78, 5) is 37.9. The molecule has 1 aromatic heterocycles. The van der Waals surface area contributed by atoms with Crippen molar-refractivity contribution in [2.45, 2.75) is 13.0 Å². The summed E-state index contributed by atoms with van der Waals surface area (Å²) in [5, 5.41) is 9.18. The summed E-state index contributed by atoms with van der Waals surface area (Å²) < 4.78 is 16.0. The molecule has 0 saturated carbocycles. The molecule has 0 spiro atoms. The molecule has 4 rings (SSSR count). The van der Waals surface area contributed by atoms with E-state index >= 15 is 0 Å². The zero-order chi connectivity index (χ0) is 23.2. The van der Waals surface area contributed by atoms with E-state index in [0.717, 1.165) is 15.6 Å². The number of benzene rings is 2. The normalized spacial score (nSPS) is 15.5. The SMILES string of the molecule is CCOC(=O)C1=C(COC(=O)COc2ccc3ccccc3c2)NC(=O)NC1c1cccs1. The average Bonchev–Trinajstić information content (AvgIpc) is 3.36. The van der Waals surface area contributed by atoms with E-state index in [2.05, 4.69) is 10.6 Å². The molecule has 1 unspecified atom stereocenters. The molecular formula is C24H22N2O6S. The molecule has 0 bridgehead atoms. The lowest BCUT2D eigenvalue weighted by molar-refractivity contribution is -0.145. The van der Waals surface area contributed by atoms with Crippen molar-refractivity contribution >= 4 is 40.1 Å². The Kier molecular flexibility index (Phi) is 6.89. The molecule has 3 aromatic rings. The van der Waals surface area contributed by atoms with Crippen molar-refractivity contribution in [1.82, 2.24) is 10.6 Å². The summed E-state index contributed by atoms with van der Waals surface area (Å²) in [6, 6.07) is 15.8. The Morgan fingerprint density at radius 2 is 1.85 bits per heavy atom. The molecule has 1 atom stereocenters. The summed E-state index contributed by atoms with van der Waals surface area (Å²) in [5.41, 5.74) is 0.372. The number of carbonyl (C=O) groups excluding carboxylic acids is 3. The van der Waals surface area contributed by atoms with Crippen LogP contribution in [0.1, 0.15) is 17.8 Å². The fourth-order valence-electron chi connectivity index (χ4n) is 3.44. The van der Waals surface area contributed by atoms with Crippen LogP contribution in [-0.4, -0.2) is 37.8 Å². The molecule has 2 aromatic carbocycles. The van der Waals surface area contributed by atoms with Crippen molar-refractivity contribution in [1.29, 1.82) is 0 Å². The topological polar surface area (TPSA) is 103 Å². The molecule has 0 fully saturated rings. The van der Waals surface area contributed by atoms with Gasteiger partial charge in [0.2, 0.25) is 0 Å². The van der Waals surface area contributed by atoms with Crippen molar-refractivity contribution in [2.24, 2.45) is 0 Å². The van der Waals surface area contributed by atoms with Crippen LogP contribution >= 0.6 is 11.3 Å². The van der Waals surface area contributed by atoms with Gasteiger partial charge in [0.05, 0.1) is 23.9 Å². The van der Waals surface area contributed by atoms with E-state index in [1.165, 1.54) is 11.3 Å². The van der Waals surface area contributed by atoms with Gasteiger partial charge in [-0.2, -0.15) is 0 Å². The van der Waals surface area contributed by atoms with Gasteiger partial charge in [0.15, 0.2) is 6.61 Å². The highest BCUT2D eigenvalue weighted by molar-refractivity contribution is 7.10. The van der Waals surface area contributed by atoms with Crippen molar-refractivity contribution < 1.29 is 28.6 Å². The number of hydrogen-bond acceptors (Lipinski definition) is 7. The number of ether oxygens (including phenoxy) is 3. The van der Waals surface area contributed by atoms with E-state index in [1.807, 2.05) is 47.8 Å². The van der Waals surface area contributed by atoms with Gasteiger partial charge in [-0.3, -0.25) is 0 Å². The van der Waals surface area contributed by atoms with Crippen molar-refractivity contribution in [3.63, 3.8) is 0 Å². The molecule has 33 heavy (non-hydrogen) atoms. The van der Waals surface area contributed by atoms with E-state index in [4.69, 9.17) is 14.2 Å². The minimum Gasteiger partial charge on any atom is -0.482 e. The number of fused-ring (bicyclic) bond motifs is 1. The number of hydrogen-bond donors (Lipinski definition) is 2. The Balaban J connectivity index is 1.45. The second-order valence-corrected chi connectivity index (χ2v) is 8.10. The fraction of sp³-hybridized carbons (Fsp3) is 0.208. The molecule has 1 aliphatic rings. The quantitative estimate of drug-likeness (QED) is 0.491. The van der Waals surface area contributed by atoms with E-state index in [-0.39, 0.29) is 31.1 Å². The van der Waals surface area contributed by atoms with Crippen LogP contribution in [-0.2, 0) is 19.1 Å². The Morgan fingerprint density at radius 3 is 2.61 bits per heavy atom. The first-order valence-electron chi connectivity index (χ1n) is 10.3. The van der Waals surface area contributed by atoms with Gasteiger partial charge in [0.1, 0.15) is 12.4 Å². The Labute approximate surface area is 194 Å². The Bertz CT molecular complexity index is 1200. The molecule has 1 aliphatic heterocycles. The summed E-state index contributed by atoms with van der Waals surface area (Å²) in [6.45, 7) is 1.24.